The van der Waals surface area contributed by atoms with Gasteiger partial charge in [-0.25, -0.2) is 0 Å². The van der Waals surface area contributed by atoms with E-state index in [1.165, 1.54) is 29.5 Å². The molecule has 0 saturated carbocycles. The molecular formula is C20H23NOS. The number of thioether (sulfide) groups is 1. The minimum absolute atomic E-state index is 0.203. The molecule has 23 heavy (non-hydrogen) atoms. The van der Waals surface area contributed by atoms with Crippen molar-refractivity contribution in [1.82, 2.24) is 4.90 Å². The summed E-state index contributed by atoms with van der Waals surface area (Å²) in [6, 6.07) is 17.5. The van der Waals surface area contributed by atoms with Crippen LogP contribution in [0, 0.1) is 0 Å². The number of piperidine rings is 1. The van der Waals surface area contributed by atoms with E-state index in [0.29, 0.717) is 5.25 Å². The number of fused-ring (bicyclic) bond motifs is 2. The van der Waals surface area contributed by atoms with Gasteiger partial charge in [-0.3, -0.25) is 0 Å². The third kappa shape index (κ3) is 2.47. The lowest BCUT2D eigenvalue weighted by molar-refractivity contribution is 0.238. The molecule has 1 unspecified atom stereocenters. The van der Waals surface area contributed by atoms with Crippen LogP contribution in [0.2, 0.25) is 0 Å². The van der Waals surface area contributed by atoms with Crippen molar-refractivity contribution in [1.29, 1.82) is 0 Å². The highest BCUT2D eigenvalue weighted by Crippen LogP contribution is 2.63. The molecule has 0 aromatic heterocycles. The number of rotatable bonds is 2. The number of hydrogen-bond donors (Lipinski definition) is 0. The Morgan fingerprint density at radius 3 is 2.48 bits per heavy atom. The number of nitrogens with zero attached hydrogens (tertiary/aromatic N) is 1. The van der Waals surface area contributed by atoms with Gasteiger partial charge < -0.3 is 9.64 Å². The lowest BCUT2D eigenvalue weighted by Crippen LogP contribution is -2.37. The quantitative estimate of drug-likeness (QED) is 0.809. The van der Waals surface area contributed by atoms with Gasteiger partial charge >= 0.3 is 0 Å². The molecule has 2 aromatic rings. The fourth-order valence-corrected chi connectivity index (χ4v) is 5.82. The summed E-state index contributed by atoms with van der Waals surface area (Å²) in [5.41, 5.74) is 4.31. The zero-order valence-corrected chi connectivity index (χ0v) is 14.6. The minimum atomic E-state index is 0.203. The summed E-state index contributed by atoms with van der Waals surface area (Å²) < 4.78 is 5.97. The lowest BCUT2D eigenvalue weighted by atomic mass is 9.84. The van der Waals surface area contributed by atoms with Crippen LogP contribution >= 0.6 is 11.8 Å². The number of ether oxygens (including phenoxy) is 1. The highest BCUT2D eigenvalue weighted by molar-refractivity contribution is 8.01. The molecule has 0 N–H and O–H groups in total. The molecule has 2 aliphatic heterocycles. The Hall–Kier alpha value is -1.45. The standard InChI is InChI=1S/C20H23NOS/c1-21-13-11-20(12-14-21)18-16(9-6-10-17(18)22-2)19(23-20)15-7-4-3-5-8-15/h3-10,19H,11-14H2,1-2H3. The van der Waals surface area contributed by atoms with E-state index in [4.69, 9.17) is 4.74 Å². The smallest absolute Gasteiger partial charge is 0.123 e. The number of hydrogen-bond acceptors (Lipinski definition) is 3. The van der Waals surface area contributed by atoms with Crippen molar-refractivity contribution in [3.63, 3.8) is 0 Å². The molecule has 4 rings (SSSR count). The van der Waals surface area contributed by atoms with E-state index >= 15 is 0 Å². The van der Waals surface area contributed by atoms with E-state index in [2.05, 4.69) is 72.2 Å². The van der Waals surface area contributed by atoms with Crippen LogP contribution in [0.25, 0.3) is 0 Å². The summed E-state index contributed by atoms with van der Waals surface area (Å²) in [5, 5.41) is 0.421. The monoisotopic (exact) mass is 325 g/mol. The summed E-state index contributed by atoms with van der Waals surface area (Å²) in [7, 11) is 4.03. The van der Waals surface area contributed by atoms with Gasteiger partial charge in [0.05, 0.1) is 12.4 Å². The van der Waals surface area contributed by atoms with Gasteiger partial charge in [0, 0.05) is 10.3 Å². The SMILES string of the molecule is COc1cccc2c1C1(CCN(C)CC1)SC2c1ccccc1. The average Bonchev–Trinajstić information content (AvgIpc) is 2.93. The summed E-state index contributed by atoms with van der Waals surface area (Å²) in [5.74, 6) is 1.07. The van der Waals surface area contributed by atoms with Crippen LogP contribution < -0.4 is 4.74 Å². The average molecular weight is 325 g/mol. The second-order valence-electron chi connectivity index (χ2n) is 6.63. The van der Waals surface area contributed by atoms with Crippen LogP contribution in [0.3, 0.4) is 0 Å². The van der Waals surface area contributed by atoms with Gasteiger partial charge in [-0.15, -0.1) is 11.8 Å². The van der Waals surface area contributed by atoms with Crippen molar-refractivity contribution in [2.24, 2.45) is 0 Å². The highest BCUT2D eigenvalue weighted by atomic mass is 32.2. The Balaban J connectivity index is 1.83. The molecule has 2 aromatic carbocycles. The van der Waals surface area contributed by atoms with Crippen molar-refractivity contribution in [3.05, 3.63) is 65.2 Å². The van der Waals surface area contributed by atoms with Crippen LogP contribution in [0.15, 0.2) is 48.5 Å². The maximum Gasteiger partial charge on any atom is 0.123 e. The first-order valence-corrected chi connectivity index (χ1v) is 9.20. The molecule has 2 aliphatic rings. The molecule has 1 saturated heterocycles. The van der Waals surface area contributed by atoms with Crippen molar-refractivity contribution in [2.75, 3.05) is 27.2 Å². The van der Waals surface area contributed by atoms with Crippen LogP contribution in [0.5, 0.6) is 5.75 Å². The maximum atomic E-state index is 5.77. The molecule has 0 radical (unpaired) electrons. The first kappa shape index (κ1) is 15.1. The molecule has 120 valence electrons. The molecule has 1 atom stereocenters. The Bertz CT molecular complexity index is 692. The van der Waals surface area contributed by atoms with Gasteiger partial charge in [0.25, 0.3) is 0 Å². The molecule has 1 spiro atoms. The molecule has 1 fully saturated rings. The van der Waals surface area contributed by atoms with E-state index in [9.17, 15) is 0 Å². The third-order valence-electron chi connectivity index (χ3n) is 5.26. The molecular weight excluding hydrogens is 302 g/mol. The Kier molecular flexibility index (Phi) is 3.86. The molecule has 0 amide bonds. The van der Waals surface area contributed by atoms with Crippen molar-refractivity contribution < 1.29 is 4.74 Å². The van der Waals surface area contributed by atoms with E-state index in [1.807, 2.05) is 0 Å². The first-order chi connectivity index (χ1) is 11.2. The molecule has 2 nitrogen and oxygen atoms in total. The molecule has 3 heteroatoms. The molecule has 2 heterocycles. The van der Waals surface area contributed by atoms with E-state index in [-0.39, 0.29) is 4.75 Å². The summed E-state index contributed by atoms with van der Waals surface area (Å²) in [4.78, 5) is 2.44. The number of methoxy groups -OCH3 is 1. The van der Waals surface area contributed by atoms with Gasteiger partial charge in [0.2, 0.25) is 0 Å². The van der Waals surface area contributed by atoms with Crippen LogP contribution in [-0.4, -0.2) is 32.1 Å². The van der Waals surface area contributed by atoms with Gasteiger partial charge in [0.1, 0.15) is 5.75 Å². The minimum Gasteiger partial charge on any atom is -0.496 e. The van der Waals surface area contributed by atoms with Crippen LogP contribution in [0.4, 0.5) is 0 Å². The largest absolute Gasteiger partial charge is 0.496 e. The zero-order valence-electron chi connectivity index (χ0n) is 13.8. The van der Waals surface area contributed by atoms with Gasteiger partial charge in [0.15, 0.2) is 0 Å². The number of likely N-dealkylation sites (tertiary alicyclic amines) is 1. The van der Waals surface area contributed by atoms with E-state index in [0.717, 1.165) is 18.8 Å². The van der Waals surface area contributed by atoms with E-state index in [1.54, 1.807) is 7.11 Å². The topological polar surface area (TPSA) is 12.5 Å². The predicted molar refractivity (Wildman–Crippen MR) is 97.3 cm³/mol. The second kappa shape index (κ2) is 5.88. The molecule has 0 aliphatic carbocycles. The zero-order chi connectivity index (χ0) is 15.9. The van der Waals surface area contributed by atoms with Crippen molar-refractivity contribution in [2.45, 2.75) is 22.8 Å². The van der Waals surface area contributed by atoms with Crippen LogP contribution in [-0.2, 0) is 4.75 Å². The van der Waals surface area contributed by atoms with E-state index < -0.39 is 0 Å². The normalized spacial score (nSPS) is 23.0. The van der Waals surface area contributed by atoms with Gasteiger partial charge in [-0.1, -0.05) is 42.5 Å². The fraction of sp³-hybridized carbons (Fsp3) is 0.400. The van der Waals surface area contributed by atoms with Crippen molar-refractivity contribution in [3.8, 4) is 5.75 Å². The van der Waals surface area contributed by atoms with Gasteiger partial charge in [-0.05, 0) is 50.2 Å². The maximum absolute atomic E-state index is 5.77. The predicted octanol–water partition coefficient (Wildman–Crippen LogP) is 4.45. The Morgan fingerprint density at radius 2 is 1.78 bits per heavy atom. The van der Waals surface area contributed by atoms with Gasteiger partial charge in [-0.2, -0.15) is 0 Å². The summed E-state index contributed by atoms with van der Waals surface area (Å²) in [6.07, 6.45) is 2.40. The molecule has 0 bridgehead atoms. The fourth-order valence-electron chi connectivity index (χ4n) is 4.00. The van der Waals surface area contributed by atoms with Crippen LogP contribution in [0.1, 0.15) is 34.8 Å². The second-order valence-corrected chi connectivity index (χ2v) is 8.12. The highest BCUT2D eigenvalue weighted by Gasteiger charge is 2.48. The Morgan fingerprint density at radius 1 is 1.04 bits per heavy atom. The Labute approximate surface area is 142 Å². The first-order valence-electron chi connectivity index (χ1n) is 8.32. The summed E-state index contributed by atoms with van der Waals surface area (Å²) >= 11 is 2.14. The third-order valence-corrected chi connectivity index (χ3v) is 7.08. The summed E-state index contributed by atoms with van der Waals surface area (Å²) in [6.45, 7) is 2.32. The number of benzene rings is 2. The lowest BCUT2D eigenvalue weighted by Gasteiger charge is -2.38. The van der Waals surface area contributed by atoms with Crippen molar-refractivity contribution >= 4 is 11.8 Å².